The molecule has 0 spiro atoms. The minimum atomic E-state index is -1.03. The maximum Gasteiger partial charge on any atom is 0.339 e. The van der Waals surface area contributed by atoms with Gasteiger partial charge in [-0.3, -0.25) is 4.21 Å². The quantitative estimate of drug-likeness (QED) is 0.882. The van der Waals surface area contributed by atoms with E-state index in [9.17, 15) is 14.1 Å². The van der Waals surface area contributed by atoms with E-state index >= 15 is 0 Å². The Labute approximate surface area is 119 Å². The maximum absolute atomic E-state index is 11.3. The average Bonchev–Trinajstić information content (AvgIpc) is 2.36. The van der Waals surface area contributed by atoms with E-state index in [4.69, 9.17) is 0 Å². The molecule has 0 aliphatic rings. The first-order valence-electron chi connectivity index (χ1n) is 6.17. The fourth-order valence-corrected chi connectivity index (χ4v) is 2.80. The maximum atomic E-state index is 11.3. The first-order chi connectivity index (χ1) is 9.47. The zero-order chi connectivity index (χ0) is 14.7. The molecule has 0 fully saturated rings. The highest BCUT2D eigenvalue weighted by molar-refractivity contribution is 7.84. The van der Waals surface area contributed by atoms with Gasteiger partial charge in [0, 0.05) is 34.2 Å². The van der Waals surface area contributed by atoms with Gasteiger partial charge in [-0.1, -0.05) is 18.2 Å². The Kier molecular flexibility index (Phi) is 4.34. The van der Waals surface area contributed by atoms with Crippen LogP contribution in [0.5, 0.6) is 0 Å². The third kappa shape index (κ3) is 3.33. The lowest BCUT2D eigenvalue weighted by atomic mass is 10.1. The molecule has 0 radical (unpaired) electrons. The van der Waals surface area contributed by atoms with E-state index < -0.39 is 16.8 Å². The van der Waals surface area contributed by atoms with Crippen LogP contribution in [0.3, 0.4) is 0 Å². The van der Waals surface area contributed by atoms with Gasteiger partial charge in [0.05, 0.1) is 5.52 Å². The first kappa shape index (κ1) is 14.5. The highest BCUT2D eigenvalue weighted by Crippen LogP contribution is 2.21. The van der Waals surface area contributed by atoms with E-state index in [1.54, 1.807) is 12.3 Å². The summed E-state index contributed by atoms with van der Waals surface area (Å²) in [4.78, 5) is 15.7. The Morgan fingerprint density at radius 1 is 1.45 bits per heavy atom. The van der Waals surface area contributed by atoms with E-state index in [-0.39, 0.29) is 11.6 Å². The second-order valence-electron chi connectivity index (χ2n) is 4.67. The minimum absolute atomic E-state index is 0.118. The van der Waals surface area contributed by atoms with E-state index in [0.29, 0.717) is 11.6 Å². The van der Waals surface area contributed by atoms with Gasteiger partial charge in [0.1, 0.15) is 11.4 Å². The van der Waals surface area contributed by atoms with Gasteiger partial charge in [-0.25, -0.2) is 9.78 Å². The number of aromatic nitrogens is 1. The molecule has 0 bridgehead atoms. The number of carbonyl (C=O) groups is 1. The summed E-state index contributed by atoms with van der Waals surface area (Å²) in [6.45, 7) is 1.85. The predicted molar refractivity (Wildman–Crippen MR) is 80.7 cm³/mol. The number of hydrogen-bond acceptors (Lipinski definition) is 4. The number of rotatable bonds is 5. The van der Waals surface area contributed by atoms with Crippen LogP contribution in [0.1, 0.15) is 17.3 Å². The molecule has 0 saturated heterocycles. The van der Waals surface area contributed by atoms with Crippen LogP contribution in [0.4, 0.5) is 5.82 Å². The molecule has 5 nitrogen and oxygen atoms in total. The fraction of sp³-hybridized carbons (Fsp3) is 0.286. The number of pyridine rings is 1. The molecule has 6 heteroatoms. The highest BCUT2D eigenvalue weighted by atomic mass is 32.2. The number of nitrogens with zero attached hydrogens (tertiary/aromatic N) is 1. The summed E-state index contributed by atoms with van der Waals surface area (Å²) in [5, 5.41) is 13.1. The Hall–Kier alpha value is -1.95. The van der Waals surface area contributed by atoms with Crippen molar-refractivity contribution in [3.05, 3.63) is 35.9 Å². The third-order valence-corrected chi connectivity index (χ3v) is 3.79. The molecule has 0 aliphatic carbocycles. The number of para-hydroxylation sites is 1. The predicted octanol–water partition coefficient (Wildman–Crippen LogP) is 2.11. The molecule has 2 rings (SSSR count). The van der Waals surface area contributed by atoms with Crippen LogP contribution in [0.2, 0.25) is 0 Å². The second-order valence-corrected chi connectivity index (χ2v) is 6.15. The molecule has 20 heavy (non-hydrogen) atoms. The average molecular weight is 292 g/mol. The van der Waals surface area contributed by atoms with Crippen molar-refractivity contribution in [2.24, 2.45) is 0 Å². The van der Waals surface area contributed by atoms with Crippen molar-refractivity contribution < 1.29 is 14.1 Å². The summed E-state index contributed by atoms with van der Waals surface area (Å²) in [5.41, 5.74) is 0.849. The molecular weight excluding hydrogens is 276 g/mol. The summed E-state index contributed by atoms with van der Waals surface area (Å²) in [7, 11) is -0.951. The SMILES string of the molecule is CC(CS(C)=O)Nc1nc2ccccc2cc1C(=O)O. The van der Waals surface area contributed by atoms with Crippen molar-refractivity contribution in [3.63, 3.8) is 0 Å². The molecule has 2 aromatic rings. The van der Waals surface area contributed by atoms with Crippen LogP contribution in [-0.4, -0.2) is 38.3 Å². The van der Waals surface area contributed by atoms with Gasteiger partial charge < -0.3 is 10.4 Å². The Balaban J connectivity index is 2.41. The number of carboxylic acid groups (broad SMARTS) is 1. The van der Waals surface area contributed by atoms with Crippen LogP contribution in [0.15, 0.2) is 30.3 Å². The largest absolute Gasteiger partial charge is 0.478 e. The van der Waals surface area contributed by atoms with Gasteiger partial charge in [0.25, 0.3) is 0 Å². The van der Waals surface area contributed by atoms with Crippen molar-refractivity contribution in [1.82, 2.24) is 4.98 Å². The lowest BCUT2D eigenvalue weighted by molar-refractivity contribution is 0.0697. The smallest absolute Gasteiger partial charge is 0.339 e. The number of anilines is 1. The fourth-order valence-electron chi connectivity index (χ4n) is 2.02. The van der Waals surface area contributed by atoms with Gasteiger partial charge in [-0.2, -0.15) is 0 Å². The summed E-state index contributed by atoms with van der Waals surface area (Å²) >= 11 is 0. The van der Waals surface area contributed by atoms with Crippen LogP contribution >= 0.6 is 0 Å². The van der Waals surface area contributed by atoms with Gasteiger partial charge in [0.15, 0.2) is 0 Å². The monoisotopic (exact) mass is 292 g/mol. The summed E-state index contributed by atoms with van der Waals surface area (Å²) < 4.78 is 11.2. The van der Waals surface area contributed by atoms with Gasteiger partial charge in [-0.05, 0) is 19.1 Å². The molecule has 0 amide bonds. The first-order valence-corrected chi connectivity index (χ1v) is 7.89. The normalized spacial score (nSPS) is 13.9. The Morgan fingerprint density at radius 3 is 2.80 bits per heavy atom. The molecule has 106 valence electrons. The van der Waals surface area contributed by atoms with E-state index in [2.05, 4.69) is 10.3 Å². The zero-order valence-electron chi connectivity index (χ0n) is 11.3. The molecule has 0 saturated carbocycles. The molecule has 1 aromatic heterocycles. The Bertz CT molecular complexity index is 673. The molecule has 2 atom stereocenters. The Morgan fingerprint density at radius 2 is 2.15 bits per heavy atom. The van der Waals surface area contributed by atoms with E-state index in [1.807, 2.05) is 31.2 Å². The van der Waals surface area contributed by atoms with Crippen LogP contribution in [-0.2, 0) is 10.8 Å². The van der Waals surface area contributed by atoms with Crippen LogP contribution in [0, 0.1) is 0 Å². The topological polar surface area (TPSA) is 79.3 Å². The van der Waals surface area contributed by atoms with Gasteiger partial charge in [-0.15, -0.1) is 0 Å². The van der Waals surface area contributed by atoms with Crippen LogP contribution in [0.25, 0.3) is 10.9 Å². The van der Waals surface area contributed by atoms with Crippen molar-refractivity contribution in [3.8, 4) is 0 Å². The van der Waals surface area contributed by atoms with E-state index in [0.717, 1.165) is 10.9 Å². The second kappa shape index (κ2) is 6.00. The number of benzene rings is 1. The molecule has 1 aromatic carbocycles. The lowest BCUT2D eigenvalue weighted by Gasteiger charge is -2.15. The molecule has 1 heterocycles. The van der Waals surface area contributed by atoms with Gasteiger partial charge >= 0.3 is 5.97 Å². The summed E-state index contributed by atoms with van der Waals surface area (Å²) in [6, 6.07) is 8.82. The van der Waals surface area contributed by atoms with Crippen LogP contribution < -0.4 is 5.32 Å². The lowest BCUT2D eigenvalue weighted by Crippen LogP contribution is -2.24. The standard InChI is InChI=1S/C14H16N2O3S/c1-9(8-20(2)19)15-13-11(14(17)18)7-10-5-3-4-6-12(10)16-13/h3-7,9H,8H2,1-2H3,(H,15,16)(H,17,18). The number of nitrogens with one attached hydrogen (secondary N) is 1. The molecule has 2 unspecified atom stereocenters. The summed E-state index contributed by atoms with van der Waals surface area (Å²) in [6.07, 6.45) is 1.62. The summed E-state index contributed by atoms with van der Waals surface area (Å²) in [5.74, 6) is -0.280. The van der Waals surface area contributed by atoms with Crippen molar-refractivity contribution in [2.75, 3.05) is 17.3 Å². The number of carboxylic acids is 1. The molecule has 2 N–H and O–H groups in total. The van der Waals surface area contributed by atoms with Gasteiger partial charge in [0.2, 0.25) is 0 Å². The van der Waals surface area contributed by atoms with E-state index in [1.165, 1.54) is 0 Å². The van der Waals surface area contributed by atoms with Crippen molar-refractivity contribution >= 4 is 33.5 Å². The zero-order valence-corrected chi connectivity index (χ0v) is 12.1. The van der Waals surface area contributed by atoms with Crippen molar-refractivity contribution in [2.45, 2.75) is 13.0 Å². The molecular formula is C14H16N2O3S. The highest BCUT2D eigenvalue weighted by Gasteiger charge is 2.15. The number of hydrogen-bond donors (Lipinski definition) is 2. The minimum Gasteiger partial charge on any atom is -0.478 e. The third-order valence-electron chi connectivity index (χ3n) is 2.82. The van der Waals surface area contributed by atoms with Crippen molar-refractivity contribution in [1.29, 1.82) is 0 Å². The molecule has 0 aliphatic heterocycles. The number of aromatic carboxylic acids is 1. The number of fused-ring (bicyclic) bond motifs is 1.